The van der Waals surface area contributed by atoms with E-state index in [1.165, 1.54) is 6.07 Å². The molecule has 2 N–H and O–H groups in total. The average Bonchev–Trinajstić information content (AvgIpc) is 3.46. The third-order valence-electron chi connectivity index (χ3n) is 7.59. The number of anilines is 2. The predicted octanol–water partition coefficient (Wildman–Crippen LogP) is 5.08. The van der Waals surface area contributed by atoms with Crippen LogP contribution in [0.1, 0.15) is 22.4 Å². The highest BCUT2D eigenvalue weighted by molar-refractivity contribution is 6.32. The van der Waals surface area contributed by atoms with E-state index in [0.717, 1.165) is 73.2 Å². The topological polar surface area (TPSA) is 88.0 Å². The third kappa shape index (κ3) is 6.46. The smallest absolute Gasteiger partial charge is 0.416 e. The first-order valence-electron chi connectivity index (χ1n) is 13.8. The normalized spacial score (nSPS) is 16.2. The van der Waals surface area contributed by atoms with Crippen molar-refractivity contribution in [2.24, 2.45) is 10.7 Å². The molecule has 2 aliphatic heterocycles. The van der Waals surface area contributed by atoms with Crippen LogP contribution in [0.5, 0.6) is 5.75 Å². The van der Waals surface area contributed by atoms with Gasteiger partial charge in [-0.1, -0.05) is 28.9 Å². The molecule has 3 heterocycles. The van der Waals surface area contributed by atoms with Gasteiger partial charge in [0, 0.05) is 44.0 Å². The molecular weight excluding hydrogens is 581 g/mol. The van der Waals surface area contributed by atoms with Crippen molar-refractivity contribution in [3.63, 3.8) is 0 Å². The number of halogens is 4. The molecule has 9 nitrogen and oxygen atoms in total. The number of alkyl halides is 3. The Balaban J connectivity index is 1.17. The fourth-order valence-electron chi connectivity index (χ4n) is 5.14. The summed E-state index contributed by atoms with van der Waals surface area (Å²) in [6.45, 7) is 5.05. The van der Waals surface area contributed by atoms with Crippen LogP contribution >= 0.6 is 11.6 Å². The van der Waals surface area contributed by atoms with Crippen molar-refractivity contribution in [3.8, 4) is 11.4 Å². The molecule has 1 fully saturated rings. The largest absolute Gasteiger partial charge is 0.487 e. The fourth-order valence-corrected chi connectivity index (χ4v) is 5.37. The molecule has 0 radical (unpaired) electrons. The Morgan fingerprint density at radius 3 is 2.53 bits per heavy atom. The summed E-state index contributed by atoms with van der Waals surface area (Å²) in [7, 11) is 2.13. The molecule has 2 aliphatic rings. The number of ether oxygens (including phenoxy) is 1. The van der Waals surface area contributed by atoms with E-state index in [1.54, 1.807) is 22.9 Å². The van der Waals surface area contributed by atoms with E-state index in [2.05, 4.69) is 32.2 Å². The van der Waals surface area contributed by atoms with Crippen LogP contribution in [0, 0.1) is 0 Å². The van der Waals surface area contributed by atoms with Gasteiger partial charge in [-0.3, -0.25) is 4.90 Å². The van der Waals surface area contributed by atoms with Crippen molar-refractivity contribution in [1.82, 2.24) is 24.8 Å². The van der Waals surface area contributed by atoms with E-state index in [1.807, 2.05) is 35.4 Å². The highest BCUT2D eigenvalue weighted by Crippen LogP contribution is 2.37. The van der Waals surface area contributed by atoms with E-state index < -0.39 is 11.7 Å². The van der Waals surface area contributed by atoms with Crippen LogP contribution in [-0.2, 0) is 19.3 Å². The van der Waals surface area contributed by atoms with Gasteiger partial charge in [-0.25, -0.2) is 9.67 Å². The standard InChI is InChI=1S/C30H30ClF3N8O/c1-39-9-11-40(12-10-39)16-22-17-42(38-37-22)24-5-7-27-25(14-24)29(35)36-19-41(27)23-6-8-28(26(31)15-23)43-18-20-3-2-4-21(13-20)30(32,33)34/h2-8,13-15,17H,9-12,16,18-19H2,1H3,(H2,35,36). The molecule has 0 amide bonds. The number of fused-ring (bicyclic) bond motifs is 1. The minimum absolute atomic E-state index is 0.0570. The molecular formula is C30H30ClF3N8O. The molecule has 6 rings (SSSR count). The van der Waals surface area contributed by atoms with E-state index in [-0.39, 0.29) is 13.3 Å². The second kappa shape index (κ2) is 11.9. The Morgan fingerprint density at radius 1 is 0.977 bits per heavy atom. The fraction of sp³-hybridized carbons (Fsp3) is 0.300. The number of aromatic nitrogens is 3. The van der Waals surface area contributed by atoms with Crippen molar-refractivity contribution >= 4 is 28.8 Å². The molecule has 0 spiro atoms. The summed E-state index contributed by atoms with van der Waals surface area (Å²) >= 11 is 6.54. The molecule has 0 saturated carbocycles. The van der Waals surface area contributed by atoms with Crippen LogP contribution in [-0.4, -0.2) is 70.5 Å². The van der Waals surface area contributed by atoms with Crippen molar-refractivity contribution in [2.75, 3.05) is 44.8 Å². The van der Waals surface area contributed by atoms with Crippen LogP contribution < -0.4 is 15.4 Å². The lowest BCUT2D eigenvalue weighted by Crippen LogP contribution is -2.43. The van der Waals surface area contributed by atoms with Gasteiger partial charge in [0.2, 0.25) is 0 Å². The molecule has 1 saturated heterocycles. The van der Waals surface area contributed by atoms with Crippen LogP contribution in [0.4, 0.5) is 24.5 Å². The monoisotopic (exact) mass is 610 g/mol. The number of rotatable bonds is 7. The second-order valence-electron chi connectivity index (χ2n) is 10.6. The van der Waals surface area contributed by atoms with Gasteiger partial charge >= 0.3 is 6.18 Å². The SMILES string of the molecule is CN1CCN(Cc2cn(-c3ccc4c(c3)C(N)=NCN4c3ccc(OCc4cccc(C(F)(F)F)c4)c(Cl)c3)nn2)CC1. The van der Waals surface area contributed by atoms with Crippen molar-refractivity contribution in [3.05, 3.63) is 94.3 Å². The molecule has 0 atom stereocenters. The maximum atomic E-state index is 13.1. The van der Waals surface area contributed by atoms with Crippen molar-refractivity contribution < 1.29 is 17.9 Å². The minimum atomic E-state index is -4.42. The van der Waals surface area contributed by atoms with Crippen molar-refractivity contribution in [1.29, 1.82) is 0 Å². The molecule has 1 aromatic heterocycles. The molecule has 0 aliphatic carbocycles. The predicted molar refractivity (Wildman–Crippen MR) is 159 cm³/mol. The molecule has 3 aromatic carbocycles. The summed E-state index contributed by atoms with van der Waals surface area (Å²) in [4.78, 5) is 11.2. The lowest BCUT2D eigenvalue weighted by atomic mass is 10.1. The number of nitrogens with two attached hydrogens (primary N) is 1. The quantitative estimate of drug-likeness (QED) is 0.312. The summed E-state index contributed by atoms with van der Waals surface area (Å²) in [5, 5.41) is 9.04. The van der Waals surface area contributed by atoms with Crippen LogP contribution in [0.15, 0.2) is 71.9 Å². The second-order valence-corrected chi connectivity index (χ2v) is 11.1. The highest BCUT2D eigenvalue weighted by atomic mass is 35.5. The first-order valence-corrected chi connectivity index (χ1v) is 14.1. The maximum absolute atomic E-state index is 13.1. The van der Waals surface area contributed by atoms with Gasteiger partial charge in [0.1, 0.15) is 24.9 Å². The number of amidine groups is 1. The van der Waals surface area contributed by atoms with E-state index >= 15 is 0 Å². The highest BCUT2D eigenvalue weighted by Gasteiger charge is 2.30. The van der Waals surface area contributed by atoms with Crippen LogP contribution in [0.2, 0.25) is 5.02 Å². The summed E-state index contributed by atoms with van der Waals surface area (Å²) in [5.41, 5.74) is 10.0. The number of nitrogens with zero attached hydrogens (tertiary/aromatic N) is 7. The number of hydrogen-bond acceptors (Lipinski definition) is 8. The molecule has 4 aromatic rings. The first kappa shape index (κ1) is 29.0. The van der Waals surface area contributed by atoms with Gasteiger partial charge in [0.15, 0.2) is 0 Å². The summed E-state index contributed by atoms with van der Waals surface area (Å²) in [6, 6.07) is 16.1. The minimum Gasteiger partial charge on any atom is -0.487 e. The van der Waals surface area contributed by atoms with Crippen LogP contribution in [0.3, 0.4) is 0 Å². The van der Waals surface area contributed by atoms with E-state index in [4.69, 9.17) is 22.1 Å². The number of likely N-dealkylation sites (N-methyl/N-ethyl adjacent to an activating group) is 1. The van der Waals surface area contributed by atoms with Gasteiger partial charge in [0.05, 0.1) is 33.9 Å². The van der Waals surface area contributed by atoms with E-state index in [0.29, 0.717) is 22.2 Å². The summed E-state index contributed by atoms with van der Waals surface area (Å²) in [5.74, 6) is 0.773. The maximum Gasteiger partial charge on any atom is 0.416 e. The molecule has 0 bridgehead atoms. The number of hydrogen-bond donors (Lipinski definition) is 1. The number of piperazine rings is 1. The zero-order valence-electron chi connectivity index (χ0n) is 23.4. The van der Waals surface area contributed by atoms with Gasteiger partial charge in [0.25, 0.3) is 0 Å². The molecule has 0 unspecified atom stereocenters. The first-order chi connectivity index (χ1) is 20.6. The van der Waals surface area contributed by atoms with Gasteiger partial charge < -0.3 is 20.3 Å². The summed E-state index contributed by atoms with van der Waals surface area (Å²) < 4.78 is 46.6. The Bertz CT molecular complexity index is 1650. The number of aliphatic imine (C=N–C) groups is 1. The Hall–Kier alpha value is -4.13. The lowest BCUT2D eigenvalue weighted by molar-refractivity contribution is -0.137. The van der Waals surface area contributed by atoms with Gasteiger partial charge in [-0.15, -0.1) is 5.10 Å². The Kier molecular flexibility index (Phi) is 7.99. The molecule has 13 heteroatoms. The zero-order valence-corrected chi connectivity index (χ0v) is 24.2. The Labute approximate surface area is 251 Å². The Morgan fingerprint density at radius 2 is 1.77 bits per heavy atom. The van der Waals surface area contributed by atoms with Crippen LogP contribution in [0.25, 0.3) is 5.69 Å². The van der Waals surface area contributed by atoms with Gasteiger partial charge in [-0.05, 0) is 61.1 Å². The zero-order chi connectivity index (χ0) is 30.1. The van der Waals surface area contributed by atoms with Gasteiger partial charge in [-0.2, -0.15) is 13.2 Å². The van der Waals surface area contributed by atoms with Crippen molar-refractivity contribution in [2.45, 2.75) is 19.3 Å². The molecule has 224 valence electrons. The molecule has 43 heavy (non-hydrogen) atoms. The van der Waals surface area contributed by atoms with E-state index in [9.17, 15) is 13.2 Å². The summed E-state index contributed by atoms with van der Waals surface area (Å²) in [6.07, 6.45) is -2.48. The third-order valence-corrected chi connectivity index (χ3v) is 7.89. The number of benzene rings is 3. The lowest BCUT2D eigenvalue weighted by Gasteiger charge is -2.31. The average molecular weight is 611 g/mol.